The number of methoxy groups -OCH3 is 1. The van der Waals surface area contributed by atoms with E-state index in [1.54, 1.807) is 0 Å². The molecule has 5 nitrogen and oxygen atoms in total. The van der Waals surface area contributed by atoms with Crippen molar-refractivity contribution in [2.24, 2.45) is 0 Å². The number of likely N-dealkylation sites (N-methyl/N-ethyl adjacent to an activating group) is 1. The predicted molar refractivity (Wildman–Crippen MR) is 72.7 cm³/mol. The van der Waals surface area contributed by atoms with E-state index < -0.39 is 5.97 Å². The second-order valence-electron chi connectivity index (χ2n) is 4.05. The first-order chi connectivity index (χ1) is 9.12. The summed E-state index contributed by atoms with van der Waals surface area (Å²) in [6.07, 6.45) is 0. The maximum absolute atomic E-state index is 11.8. The SMILES string of the molecule is CCN(CC)CCOC(=O)c1ccc(O)c(OC)c1. The molecule has 1 rings (SSSR count). The fourth-order valence-electron chi connectivity index (χ4n) is 1.70. The Labute approximate surface area is 113 Å². The molecule has 0 amide bonds. The third-order valence-electron chi connectivity index (χ3n) is 2.95. The maximum Gasteiger partial charge on any atom is 0.338 e. The summed E-state index contributed by atoms with van der Waals surface area (Å²) < 4.78 is 10.1. The van der Waals surface area contributed by atoms with E-state index >= 15 is 0 Å². The van der Waals surface area contributed by atoms with Crippen LogP contribution >= 0.6 is 0 Å². The van der Waals surface area contributed by atoms with Crippen molar-refractivity contribution in [1.82, 2.24) is 4.90 Å². The van der Waals surface area contributed by atoms with E-state index in [-0.39, 0.29) is 11.5 Å². The molecule has 0 bridgehead atoms. The third-order valence-corrected chi connectivity index (χ3v) is 2.95. The number of hydrogen-bond acceptors (Lipinski definition) is 5. The lowest BCUT2D eigenvalue weighted by Crippen LogP contribution is -2.27. The van der Waals surface area contributed by atoms with E-state index in [0.29, 0.717) is 18.7 Å². The Morgan fingerprint density at radius 1 is 1.32 bits per heavy atom. The van der Waals surface area contributed by atoms with Gasteiger partial charge in [0.1, 0.15) is 6.61 Å². The summed E-state index contributed by atoms with van der Waals surface area (Å²) in [6.45, 7) is 7.06. The monoisotopic (exact) mass is 267 g/mol. The van der Waals surface area contributed by atoms with Gasteiger partial charge in [-0.05, 0) is 31.3 Å². The Balaban J connectivity index is 2.54. The molecule has 0 aromatic heterocycles. The Hall–Kier alpha value is -1.75. The third kappa shape index (κ3) is 4.44. The molecular weight excluding hydrogens is 246 g/mol. The highest BCUT2D eigenvalue weighted by atomic mass is 16.5. The fraction of sp³-hybridized carbons (Fsp3) is 0.500. The lowest BCUT2D eigenvalue weighted by molar-refractivity contribution is 0.0466. The average molecular weight is 267 g/mol. The van der Waals surface area contributed by atoms with Gasteiger partial charge in [-0.25, -0.2) is 4.79 Å². The minimum absolute atomic E-state index is 0.00203. The molecule has 0 aliphatic heterocycles. The van der Waals surface area contributed by atoms with Crippen molar-refractivity contribution >= 4 is 5.97 Å². The van der Waals surface area contributed by atoms with Gasteiger partial charge in [0.15, 0.2) is 11.5 Å². The van der Waals surface area contributed by atoms with Crippen LogP contribution in [0.5, 0.6) is 11.5 Å². The number of phenolic OH excluding ortho intramolecular Hbond substituents is 1. The number of nitrogens with zero attached hydrogens (tertiary/aromatic N) is 1. The van der Waals surface area contributed by atoms with Gasteiger partial charge in [-0.15, -0.1) is 0 Å². The van der Waals surface area contributed by atoms with Crippen molar-refractivity contribution in [3.05, 3.63) is 23.8 Å². The number of aromatic hydroxyl groups is 1. The molecule has 0 fully saturated rings. The summed E-state index contributed by atoms with van der Waals surface area (Å²) in [6, 6.07) is 4.40. The molecule has 0 unspecified atom stereocenters. The summed E-state index contributed by atoms with van der Waals surface area (Å²) in [5.41, 5.74) is 0.370. The van der Waals surface area contributed by atoms with Crippen LogP contribution in [0.1, 0.15) is 24.2 Å². The van der Waals surface area contributed by atoms with Crippen LogP contribution in [0.4, 0.5) is 0 Å². The van der Waals surface area contributed by atoms with Crippen molar-refractivity contribution in [3.63, 3.8) is 0 Å². The second kappa shape index (κ2) is 7.63. The Morgan fingerprint density at radius 2 is 2.00 bits per heavy atom. The van der Waals surface area contributed by atoms with Gasteiger partial charge in [0, 0.05) is 6.54 Å². The van der Waals surface area contributed by atoms with Crippen LogP contribution in [-0.4, -0.2) is 49.3 Å². The van der Waals surface area contributed by atoms with Gasteiger partial charge in [0.25, 0.3) is 0 Å². The van der Waals surface area contributed by atoms with E-state index in [9.17, 15) is 9.90 Å². The van der Waals surface area contributed by atoms with Crippen molar-refractivity contribution in [2.75, 3.05) is 33.4 Å². The fourth-order valence-corrected chi connectivity index (χ4v) is 1.70. The summed E-state index contributed by atoms with van der Waals surface area (Å²) in [5.74, 6) is -0.147. The van der Waals surface area contributed by atoms with E-state index in [0.717, 1.165) is 13.1 Å². The quantitative estimate of drug-likeness (QED) is 0.765. The van der Waals surface area contributed by atoms with Crippen LogP contribution in [0.3, 0.4) is 0 Å². The Bertz CT molecular complexity index is 416. The van der Waals surface area contributed by atoms with E-state index in [1.165, 1.54) is 25.3 Å². The highest BCUT2D eigenvalue weighted by Crippen LogP contribution is 2.26. The molecule has 1 aromatic rings. The standard InChI is InChI=1S/C14H21NO4/c1-4-15(5-2)8-9-19-14(17)11-6-7-12(16)13(10-11)18-3/h6-7,10,16H,4-5,8-9H2,1-3H3. The topological polar surface area (TPSA) is 59.0 Å². The average Bonchev–Trinajstić information content (AvgIpc) is 2.44. The van der Waals surface area contributed by atoms with E-state index in [4.69, 9.17) is 9.47 Å². The zero-order valence-electron chi connectivity index (χ0n) is 11.7. The summed E-state index contributed by atoms with van der Waals surface area (Å²) in [7, 11) is 1.44. The molecular formula is C14H21NO4. The highest BCUT2D eigenvalue weighted by Gasteiger charge is 2.11. The minimum Gasteiger partial charge on any atom is -0.504 e. The molecule has 5 heteroatoms. The van der Waals surface area contributed by atoms with E-state index in [1.807, 2.05) is 0 Å². The maximum atomic E-state index is 11.8. The van der Waals surface area contributed by atoms with Crippen LogP contribution in [0.15, 0.2) is 18.2 Å². The predicted octanol–water partition coefficient (Wildman–Crippen LogP) is 1.90. The first-order valence-electron chi connectivity index (χ1n) is 6.38. The van der Waals surface area contributed by atoms with Crippen molar-refractivity contribution < 1.29 is 19.4 Å². The number of phenols is 1. The molecule has 0 aliphatic carbocycles. The lowest BCUT2D eigenvalue weighted by atomic mass is 10.2. The molecule has 0 spiro atoms. The highest BCUT2D eigenvalue weighted by molar-refractivity contribution is 5.90. The molecule has 106 valence electrons. The zero-order chi connectivity index (χ0) is 14.3. The number of carbonyl (C=O) groups excluding carboxylic acids is 1. The lowest BCUT2D eigenvalue weighted by Gasteiger charge is -2.17. The van der Waals surface area contributed by atoms with Crippen LogP contribution in [0.2, 0.25) is 0 Å². The molecule has 19 heavy (non-hydrogen) atoms. The van der Waals surface area contributed by atoms with Gasteiger partial charge in [-0.1, -0.05) is 13.8 Å². The molecule has 0 heterocycles. The van der Waals surface area contributed by atoms with Crippen molar-refractivity contribution in [2.45, 2.75) is 13.8 Å². The minimum atomic E-state index is -0.412. The largest absolute Gasteiger partial charge is 0.504 e. The molecule has 0 saturated heterocycles. The van der Waals surface area contributed by atoms with Gasteiger partial charge < -0.3 is 19.5 Å². The van der Waals surface area contributed by atoms with Gasteiger partial charge >= 0.3 is 5.97 Å². The van der Waals surface area contributed by atoms with Crippen LogP contribution < -0.4 is 4.74 Å². The number of rotatable bonds is 7. The van der Waals surface area contributed by atoms with Gasteiger partial charge in [-0.2, -0.15) is 0 Å². The van der Waals surface area contributed by atoms with Crippen molar-refractivity contribution in [3.8, 4) is 11.5 Å². The summed E-state index contributed by atoms with van der Waals surface area (Å²) >= 11 is 0. The first-order valence-corrected chi connectivity index (χ1v) is 6.38. The molecule has 1 N–H and O–H groups in total. The molecule has 0 atom stereocenters. The van der Waals surface area contributed by atoms with E-state index in [2.05, 4.69) is 18.7 Å². The van der Waals surface area contributed by atoms with Crippen LogP contribution in [0, 0.1) is 0 Å². The number of carbonyl (C=O) groups is 1. The molecule has 1 aromatic carbocycles. The Kier molecular flexibility index (Phi) is 6.15. The molecule has 0 radical (unpaired) electrons. The summed E-state index contributed by atoms with van der Waals surface area (Å²) in [4.78, 5) is 14.0. The van der Waals surface area contributed by atoms with Crippen LogP contribution in [-0.2, 0) is 4.74 Å². The zero-order valence-corrected chi connectivity index (χ0v) is 11.7. The smallest absolute Gasteiger partial charge is 0.338 e. The Morgan fingerprint density at radius 3 is 2.58 bits per heavy atom. The summed E-state index contributed by atoms with van der Waals surface area (Å²) in [5, 5.41) is 9.45. The normalized spacial score (nSPS) is 10.5. The van der Waals surface area contributed by atoms with Crippen LogP contribution in [0.25, 0.3) is 0 Å². The van der Waals surface area contributed by atoms with Gasteiger partial charge in [0.05, 0.1) is 12.7 Å². The molecule has 0 aliphatic rings. The molecule has 0 saturated carbocycles. The number of ether oxygens (including phenoxy) is 2. The second-order valence-corrected chi connectivity index (χ2v) is 4.05. The number of hydrogen-bond donors (Lipinski definition) is 1. The van der Waals surface area contributed by atoms with Gasteiger partial charge in [-0.3, -0.25) is 0 Å². The van der Waals surface area contributed by atoms with Gasteiger partial charge in [0.2, 0.25) is 0 Å². The number of benzene rings is 1. The first kappa shape index (κ1) is 15.3. The van der Waals surface area contributed by atoms with Crippen molar-refractivity contribution in [1.29, 1.82) is 0 Å². The number of esters is 1.